The van der Waals surface area contributed by atoms with Gasteiger partial charge in [-0.05, 0) is 69.1 Å². The first kappa shape index (κ1) is 42.4. The van der Waals surface area contributed by atoms with E-state index in [2.05, 4.69) is 0 Å². The fraction of sp³-hybridized carbons (Fsp3) is 0.286. The number of phenolic OH excluding ortho intramolecular Hbond substituents is 4. The zero-order valence-corrected chi connectivity index (χ0v) is 31.7. The number of rotatable bonds is 9. The first-order valence-electron chi connectivity index (χ1n) is 18.8. The minimum absolute atomic E-state index is 0.0345. The van der Waals surface area contributed by atoms with Gasteiger partial charge in [0.1, 0.15) is 83.3 Å². The number of aromatic hydroxyl groups is 4. The number of carbonyl (C=O) groups is 2. The quantitative estimate of drug-likeness (QED) is 0.0882. The van der Waals surface area contributed by atoms with Crippen LogP contribution in [-0.2, 0) is 9.47 Å². The van der Waals surface area contributed by atoms with Crippen LogP contribution >= 0.6 is 0 Å². The Morgan fingerprint density at radius 3 is 1.21 bits per heavy atom. The molecule has 326 valence electrons. The van der Waals surface area contributed by atoms with Crippen molar-refractivity contribution in [2.45, 2.75) is 61.4 Å². The molecule has 2 aliphatic rings. The Morgan fingerprint density at radius 2 is 0.871 bits per heavy atom. The molecule has 10 atom stereocenters. The maximum Gasteiger partial charge on any atom is 0.335 e. The second kappa shape index (κ2) is 15.9. The molecule has 8 rings (SSSR count). The van der Waals surface area contributed by atoms with Gasteiger partial charge in [-0.25, -0.2) is 9.59 Å². The summed E-state index contributed by atoms with van der Waals surface area (Å²) in [5, 5.41) is 149. The van der Waals surface area contributed by atoms with E-state index in [9.17, 15) is 81.1 Å². The molecule has 2 heterocycles. The van der Waals surface area contributed by atoms with Gasteiger partial charge in [-0.3, -0.25) is 0 Å². The monoisotopic (exact) mass is 862 g/mol. The Morgan fingerprint density at radius 1 is 0.500 bits per heavy atom. The fourth-order valence-electron chi connectivity index (χ4n) is 8.22. The number of ether oxygens (including phenoxy) is 4. The molecule has 0 aliphatic carbocycles. The summed E-state index contributed by atoms with van der Waals surface area (Å²) < 4.78 is 23.1. The normalized spacial score (nSPS) is 26.6. The van der Waals surface area contributed by atoms with Crippen molar-refractivity contribution in [2.24, 2.45) is 0 Å². The van der Waals surface area contributed by atoms with Crippen molar-refractivity contribution in [3.63, 3.8) is 0 Å². The van der Waals surface area contributed by atoms with Crippen LogP contribution in [0.2, 0.25) is 0 Å². The summed E-state index contributed by atoms with van der Waals surface area (Å²) in [4.78, 5) is 24.9. The average molecular weight is 863 g/mol. The summed E-state index contributed by atoms with van der Waals surface area (Å²) in [5.41, 5.74) is -1.16. The molecule has 14 N–H and O–H groups in total. The van der Waals surface area contributed by atoms with Gasteiger partial charge in [0.15, 0.2) is 0 Å². The van der Waals surface area contributed by atoms with E-state index in [1.807, 2.05) is 0 Å². The minimum atomic E-state index is -1.93. The largest absolute Gasteiger partial charge is 0.507 e. The topological polar surface area (TPSA) is 354 Å². The highest BCUT2D eigenvalue weighted by atomic mass is 16.7. The predicted octanol–water partition coefficient (Wildman–Crippen LogP) is 0.543. The number of aliphatic hydroxyl groups is 8. The molecule has 10 unspecified atom stereocenters. The van der Waals surface area contributed by atoms with Crippen LogP contribution < -0.4 is 9.47 Å². The molecule has 2 saturated heterocycles. The van der Waals surface area contributed by atoms with Crippen LogP contribution in [0, 0.1) is 0 Å². The van der Waals surface area contributed by atoms with Crippen molar-refractivity contribution in [3.8, 4) is 45.6 Å². The lowest BCUT2D eigenvalue weighted by molar-refractivity contribution is -0.277. The van der Waals surface area contributed by atoms with Crippen molar-refractivity contribution in [1.82, 2.24) is 0 Å². The highest BCUT2D eigenvalue weighted by molar-refractivity contribution is 6.29. The molecule has 20 nitrogen and oxygen atoms in total. The van der Waals surface area contributed by atoms with Gasteiger partial charge in [0.05, 0.1) is 45.9 Å². The van der Waals surface area contributed by atoms with E-state index < -0.39 is 131 Å². The number of benzene rings is 6. The van der Waals surface area contributed by atoms with Gasteiger partial charge in [-0.15, -0.1) is 0 Å². The summed E-state index contributed by atoms with van der Waals surface area (Å²) in [6.07, 6.45) is -17.6. The molecule has 20 heteroatoms. The van der Waals surface area contributed by atoms with E-state index in [1.54, 1.807) is 0 Å². The number of aliphatic hydroxyl groups excluding tert-OH is 8. The summed E-state index contributed by atoms with van der Waals surface area (Å²) in [6.45, 7) is -1.62. The number of carboxylic acids is 2. The van der Waals surface area contributed by atoms with Gasteiger partial charge in [0, 0.05) is 0 Å². The minimum Gasteiger partial charge on any atom is -0.507 e. The van der Waals surface area contributed by atoms with Crippen LogP contribution in [0.25, 0.3) is 54.2 Å². The number of phenols is 4. The Kier molecular flexibility index (Phi) is 10.9. The second-order valence-corrected chi connectivity index (χ2v) is 14.9. The average Bonchev–Trinajstić information content (AvgIpc) is 3.24. The van der Waals surface area contributed by atoms with Gasteiger partial charge >= 0.3 is 11.9 Å². The van der Waals surface area contributed by atoms with Crippen LogP contribution in [-0.4, -0.2) is 158 Å². The number of hydrogen-bond donors (Lipinski definition) is 14. The Hall–Kier alpha value is -6.30. The highest BCUT2D eigenvalue weighted by Gasteiger charge is 2.46. The standard InChI is InChI=1S/C42H38O20/c43-11-23-31(47)35(51)37(53)41(61-23)59-21-5-1-3-15-25(17-7-13(39(55)56)9-19(45)27(17)33(49)29(15)21)26-16-4-2-6-22(60-42-38(54)36(52)32(48)24(12-44)62-42)30(16)34(50)28-18(26)8-14(40(57)58)10-20(28)46/h1-10,23-24,31-32,35-38,41-54H,11-12H2,(H,55,56)(H,57,58). The van der Waals surface area contributed by atoms with Crippen molar-refractivity contribution in [1.29, 1.82) is 0 Å². The lowest BCUT2D eigenvalue weighted by Gasteiger charge is -2.39. The second-order valence-electron chi connectivity index (χ2n) is 14.9. The van der Waals surface area contributed by atoms with Crippen molar-refractivity contribution < 1.29 is 100 Å². The number of aromatic carboxylic acids is 2. The van der Waals surface area contributed by atoms with Gasteiger partial charge in [-0.2, -0.15) is 0 Å². The van der Waals surface area contributed by atoms with E-state index in [4.69, 9.17) is 18.9 Å². The van der Waals surface area contributed by atoms with Gasteiger partial charge in [0.2, 0.25) is 12.6 Å². The van der Waals surface area contributed by atoms with Crippen LogP contribution in [0.15, 0.2) is 60.7 Å². The van der Waals surface area contributed by atoms with E-state index in [0.29, 0.717) is 0 Å². The Labute approximate surface area is 346 Å². The van der Waals surface area contributed by atoms with E-state index in [1.165, 1.54) is 36.4 Å². The van der Waals surface area contributed by atoms with Crippen LogP contribution in [0.5, 0.6) is 34.5 Å². The molecule has 2 aliphatic heterocycles. The zero-order chi connectivity index (χ0) is 44.6. The molecule has 2 fully saturated rings. The molecular formula is C42H38O20. The van der Waals surface area contributed by atoms with Crippen molar-refractivity contribution >= 4 is 55.0 Å². The predicted molar refractivity (Wildman–Crippen MR) is 211 cm³/mol. The van der Waals surface area contributed by atoms with Gasteiger partial charge in [0.25, 0.3) is 0 Å². The summed E-state index contributed by atoms with van der Waals surface area (Å²) in [7, 11) is 0. The Bertz CT molecular complexity index is 2600. The molecule has 0 radical (unpaired) electrons. The lowest BCUT2D eigenvalue weighted by atomic mass is 9.84. The van der Waals surface area contributed by atoms with E-state index in [-0.39, 0.29) is 54.9 Å². The highest BCUT2D eigenvalue weighted by Crippen LogP contribution is 2.55. The third kappa shape index (κ3) is 6.66. The van der Waals surface area contributed by atoms with E-state index in [0.717, 1.165) is 24.3 Å². The molecule has 62 heavy (non-hydrogen) atoms. The molecule has 6 aromatic carbocycles. The first-order chi connectivity index (χ1) is 29.5. The molecular weight excluding hydrogens is 824 g/mol. The smallest absolute Gasteiger partial charge is 0.335 e. The Balaban J connectivity index is 1.50. The van der Waals surface area contributed by atoms with Gasteiger partial charge in [-0.1, -0.05) is 24.3 Å². The third-order valence-electron chi connectivity index (χ3n) is 11.2. The summed E-state index contributed by atoms with van der Waals surface area (Å²) in [5.74, 6) is -6.65. The molecule has 0 bridgehead atoms. The molecule has 6 aromatic rings. The number of hydrogen-bond acceptors (Lipinski definition) is 18. The van der Waals surface area contributed by atoms with E-state index >= 15 is 0 Å². The zero-order valence-electron chi connectivity index (χ0n) is 31.7. The fourth-order valence-corrected chi connectivity index (χ4v) is 8.22. The molecule has 0 saturated carbocycles. The summed E-state index contributed by atoms with van der Waals surface area (Å²) >= 11 is 0. The van der Waals surface area contributed by atoms with Crippen LogP contribution in [0.1, 0.15) is 20.7 Å². The maximum atomic E-state index is 12.5. The van der Waals surface area contributed by atoms with Crippen molar-refractivity contribution in [2.75, 3.05) is 13.2 Å². The number of carboxylic acid groups (broad SMARTS) is 2. The van der Waals surface area contributed by atoms with Gasteiger partial charge < -0.3 is 90.4 Å². The van der Waals surface area contributed by atoms with Crippen LogP contribution in [0.4, 0.5) is 0 Å². The lowest BCUT2D eigenvalue weighted by Crippen LogP contribution is -2.60. The number of fused-ring (bicyclic) bond motifs is 4. The first-order valence-corrected chi connectivity index (χ1v) is 18.8. The van der Waals surface area contributed by atoms with Crippen molar-refractivity contribution in [3.05, 3.63) is 71.8 Å². The molecule has 0 amide bonds. The molecule has 0 aromatic heterocycles. The van der Waals surface area contributed by atoms with Crippen LogP contribution in [0.3, 0.4) is 0 Å². The maximum absolute atomic E-state index is 12.5. The SMILES string of the molecule is O=C(O)c1cc(O)c2c(O)c3c(OC4OC(CO)C(O)C(O)C4O)cccc3c(-c3c4cc(C(=O)O)cc(O)c4c(O)c4c(OC5OC(CO)C(O)C(O)C5O)cccc34)c2c1. The molecule has 0 spiro atoms. The summed E-state index contributed by atoms with van der Waals surface area (Å²) in [6, 6.07) is 12.0. The third-order valence-corrected chi connectivity index (χ3v) is 11.2.